The molecule has 2 N–H and O–H groups in total. The highest BCUT2D eigenvalue weighted by Crippen LogP contribution is 2.04. The highest BCUT2D eigenvalue weighted by Gasteiger charge is 2.18. The van der Waals surface area contributed by atoms with E-state index in [-0.39, 0.29) is 30.4 Å². The summed E-state index contributed by atoms with van der Waals surface area (Å²) in [5.74, 6) is -0.662. The molecule has 5 nitrogen and oxygen atoms in total. The second kappa shape index (κ2) is 7.31. The summed E-state index contributed by atoms with van der Waals surface area (Å²) in [6.07, 6.45) is 0.0341. The predicted octanol–water partition coefficient (Wildman–Crippen LogP) is 1.15. The van der Waals surface area contributed by atoms with Crippen LogP contribution in [0.1, 0.15) is 20.3 Å². The van der Waals surface area contributed by atoms with Gasteiger partial charge in [-0.15, -0.1) is 0 Å². The van der Waals surface area contributed by atoms with E-state index in [1.807, 2.05) is 30.3 Å². The van der Waals surface area contributed by atoms with E-state index in [2.05, 4.69) is 10.6 Å². The summed E-state index contributed by atoms with van der Waals surface area (Å²) in [6.45, 7) is 2.81. The zero-order valence-corrected chi connectivity index (χ0v) is 11.1. The maximum atomic E-state index is 11.7. The lowest BCUT2D eigenvalue weighted by Crippen LogP contribution is -2.43. The van der Waals surface area contributed by atoms with Crippen molar-refractivity contribution in [3.63, 3.8) is 0 Å². The van der Waals surface area contributed by atoms with E-state index in [9.17, 15) is 14.4 Å². The van der Waals surface area contributed by atoms with Crippen molar-refractivity contribution in [2.24, 2.45) is 0 Å². The Morgan fingerprint density at radius 1 is 1.11 bits per heavy atom. The van der Waals surface area contributed by atoms with Gasteiger partial charge in [0.25, 0.3) is 0 Å². The lowest BCUT2D eigenvalue weighted by atomic mass is 10.1. The minimum Gasteiger partial charge on any atom is -0.376 e. The number of Topliss-reactive ketones (excluding diaryl/α,β-unsaturated/α-hetero) is 2. The number of benzene rings is 1. The third kappa shape index (κ3) is 5.81. The Balaban J connectivity index is 2.45. The molecular formula is C14H18N2O3. The summed E-state index contributed by atoms with van der Waals surface area (Å²) in [4.78, 5) is 34.0. The largest absolute Gasteiger partial charge is 0.376 e. The fourth-order valence-electron chi connectivity index (χ4n) is 1.57. The molecule has 1 aromatic rings. The quantitative estimate of drug-likeness (QED) is 0.773. The number of anilines is 1. The molecule has 0 aliphatic rings. The molecule has 0 fully saturated rings. The molecule has 0 bridgehead atoms. The lowest BCUT2D eigenvalue weighted by Gasteiger charge is -2.15. The third-order valence-corrected chi connectivity index (χ3v) is 2.54. The van der Waals surface area contributed by atoms with E-state index in [1.165, 1.54) is 13.8 Å². The number of carbonyl (C=O) groups excluding carboxylic acids is 3. The molecule has 1 aromatic carbocycles. The first-order valence-corrected chi connectivity index (χ1v) is 6.07. The summed E-state index contributed by atoms with van der Waals surface area (Å²) >= 11 is 0. The number of carbonyl (C=O) groups is 3. The van der Waals surface area contributed by atoms with Crippen LogP contribution in [-0.2, 0) is 14.4 Å². The smallest absolute Gasteiger partial charge is 0.239 e. The number of nitrogens with one attached hydrogen (secondary N) is 2. The monoisotopic (exact) mass is 262 g/mol. The van der Waals surface area contributed by atoms with Crippen LogP contribution in [0.4, 0.5) is 5.69 Å². The van der Waals surface area contributed by atoms with Gasteiger partial charge in [0.05, 0.1) is 12.6 Å². The lowest BCUT2D eigenvalue weighted by molar-refractivity contribution is -0.128. The standard InChI is InChI=1S/C14H18N2O3/c1-10(17)8-13(11(2)18)16-14(19)9-15-12-6-4-3-5-7-12/h3-7,13,15H,8-9H2,1-2H3,(H,16,19). The normalized spacial score (nSPS) is 11.5. The molecule has 0 saturated carbocycles. The SMILES string of the molecule is CC(=O)CC(NC(=O)CNc1ccccc1)C(C)=O. The maximum absolute atomic E-state index is 11.7. The maximum Gasteiger partial charge on any atom is 0.239 e. The number of ketones is 2. The first-order valence-electron chi connectivity index (χ1n) is 6.07. The molecule has 0 spiro atoms. The second-order valence-electron chi connectivity index (χ2n) is 4.36. The molecule has 0 aliphatic carbocycles. The van der Waals surface area contributed by atoms with E-state index in [1.54, 1.807) is 0 Å². The van der Waals surface area contributed by atoms with Crippen molar-refractivity contribution in [1.82, 2.24) is 5.32 Å². The van der Waals surface area contributed by atoms with Crippen molar-refractivity contribution in [3.05, 3.63) is 30.3 Å². The molecule has 102 valence electrons. The molecule has 1 rings (SSSR count). The molecule has 1 atom stereocenters. The Morgan fingerprint density at radius 2 is 1.74 bits per heavy atom. The van der Waals surface area contributed by atoms with E-state index >= 15 is 0 Å². The van der Waals surface area contributed by atoms with Crippen molar-refractivity contribution in [2.75, 3.05) is 11.9 Å². The van der Waals surface area contributed by atoms with Crippen molar-refractivity contribution in [3.8, 4) is 0 Å². The molecular weight excluding hydrogens is 244 g/mol. The molecule has 0 radical (unpaired) electrons. The summed E-state index contributed by atoms with van der Waals surface area (Å²) in [5.41, 5.74) is 0.823. The Labute approximate surface area is 112 Å². The Bertz CT molecular complexity index is 457. The van der Waals surface area contributed by atoms with Crippen molar-refractivity contribution < 1.29 is 14.4 Å². The molecule has 0 saturated heterocycles. The van der Waals surface area contributed by atoms with E-state index in [0.29, 0.717) is 0 Å². The summed E-state index contributed by atoms with van der Waals surface area (Å²) in [6, 6.07) is 8.53. The van der Waals surface area contributed by atoms with E-state index in [0.717, 1.165) is 5.69 Å². The van der Waals surface area contributed by atoms with Crippen molar-refractivity contribution in [2.45, 2.75) is 26.3 Å². The topological polar surface area (TPSA) is 75.3 Å². The Hall–Kier alpha value is -2.17. The molecule has 5 heteroatoms. The van der Waals surface area contributed by atoms with Crippen LogP contribution in [0.25, 0.3) is 0 Å². The van der Waals surface area contributed by atoms with Gasteiger partial charge in [0, 0.05) is 12.1 Å². The summed E-state index contributed by atoms with van der Waals surface area (Å²) in [7, 11) is 0. The zero-order chi connectivity index (χ0) is 14.3. The van der Waals surface area contributed by atoms with Crippen LogP contribution in [0.3, 0.4) is 0 Å². The van der Waals surface area contributed by atoms with Crippen LogP contribution in [0.2, 0.25) is 0 Å². The zero-order valence-electron chi connectivity index (χ0n) is 11.1. The number of hydrogen-bond acceptors (Lipinski definition) is 4. The number of rotatable bonds is 7. The number of amides is 1. The molecule has 0 heterocycles. The van der Waals surface area contributed by atoms with Crippen LogP contribution in [-0.4, -0.2) is 30.1 Å². The van der Waals surface area contributed by atoms with Gasteiger partial charge in [0.2, 0.25) is 5.91 Å². The fraction of sp³-hybridized carbons (Fsp3) is 0.357. The minimum atomic E-state index is -0.734. The number of para-hydroxylation sites is 1. The highest BCUT2D eigenvalue weighted by molar-refractivity contribution is 5.92. The van der Waals surface area contributed by atoms with Crippen molar-refractivity contribution >= 4 is 23.2 Å². The van der Waals surface area contributed by atoms with E-state index in [4.69, 9.17) is 0 Å². The Morgan fingerprint density at radius 3 is 2.26 bits per heavy atom. The average Bonchev–Trinajstić information content (AvgIpc) is 2.36. The van der Waals surface area contributed by atoms with Gasteiger partial charge in [-0.1, -0.05) is 18.2 Å². The summed E-state index contributed by atoms with van der Waals surface area (Å²) in [5, 5.41) is 5.48. The van der Waals surface area contributed by atoms with Gasteiger partial charge in [-0.05, 0) is 26.0 Å². The van der Waals surface area contributed by atoms with Crippen LogP contribution < -0.4 is 10.6 Å². The average molecular weight is 262 g/mol. The van der Waals surface area contributed by atoms with Crippen LogP contribution in [0.15, 0.2) is 30.3 Å². The fourth-order valence-corrected chi connectivity index (χ4v) is 1.57. The molecule has 19 heavy (non-hydrogen) atoms. The van der Waals surface area contributed by atoms with E-state index < -0.39 is 6.04 Å². The van der Waals surface area contributed by atoms with Gasteiger partial charge < -0.3 is 10.6 Å². The first-order chi connectivity index (χ1) is 8.99. The second-order valence-corrected chi connectivity index (χ2v) is 4.36. The molecule has 1 unspecified atom stereocenters. The van der Waals surface area contributed by atoms with Gasteiger partial charge in [0.1, 0.15) is 5.78 Å². The van der Waals surface area contributed by atoms with Gasteiger partial charge in [-0.3, -0.25) is 14.4 Å². The van der Waals surface area contributed by atoms with Gasteiger partial charge in [-0.25, -0.2) is 0 Å². The van der Waals surface area contributed by atoms with Gasteiger partial charge in [-0.2, -0.15) is 0 Å². The molecule has 1 amide bonds. The Kier molecular flexibility index (Phi) is 5.73. The third-order valence-electron chi connectivity index (χ3n) is 2.54. The molecule has 0 aliphatic heterocycles. The summed E-state index contributed by atoms with van der Waals surface area (Å²) < 4.78 is 0. The van der Waals surface area contributed by atoms with Crippen LogP contribution in [0, 0.1) is 0 Å². The molecule has 0 aromatic heterocycles. The highest BCUT2D eigenvalue weighted by atomic mass is 16.2. The van der Waals surface area contributed by atoms with Gasteiger partial charge >= 0.3 is 0 Å². The van der Waals surface area contributed by atoms with Crippen LogP contribution in [0.5, 0.6) is 0 Å². The first kappa shape index (κ1) is 14.9. The van der Waals surface area contributed by atoms with Crippen LogP contribution >= 0.6 is 0 Å². The van der Waals surface area contributed by atoms with Crippen molar-refractivity contribution in [1.29, 1.82) is 0 Å². The predicted molar refractivity (Wildman–Crippen MR) is 72.8 cm³/mol. The number of hydrogen-bond donors (Lipinski definition) is 2. The van der Waals surface area contributed by atoms with Gasteiger partial charge in [0.15, 0.2) is 5.78 Å². The minimum absolute atomic E-state index is 0.0341.